The van der Waals surface area contributed by atoms with Gasteiger partial charge in [-0.3, -0.25) is 62.3 Å². The molecule has 3 heterocycles. The number of allylic oxidation sites excluding steroid dienone is 6. The number of fused-ring (bicyclic) bond motifs is 3. The highest BCUT2D eigenvalue weighted by Gasteiger charge is 2.54. The molecule has 1 aromatic rings. The van der Waals surface area contributed by atoms with E-state index in [1.165, 1.54) is 47.8 Å². The van der Waals surface area contributed by atoms with E-state index in [0.29, 0.717) is 69.9 Å². The van der Waals surface area contributed by atoms with Crippen LogP contribution < -0.4 is 31.9 Å². The first-order valence-corrected chi connectivity index (χ1v) is 55.5. The van der Waals surface area contributed by atoms with E-state index in [-0.39, 0.29) is 142 Å². The van der Waals surface area contributed by atoms with Crippen LogP contribution in [-0.2, 0) is 105 Å². The van der Waals surface area contributed by atoms with Gasteiger partial charge in [0.2, 0.25) is 23.5 Å². The van der Waals surface area contributed by atoms with Gasteiger partial charge < -0.3 is 126 Å². The Bertz CT molecular complexity index is 4620. The molecule has 1 saturated carbocycles. The number of benzene rings is 1. The van der Waals surface area contributed by atoms with Crippen molar-refractivity contribution >= 4 is 149 Å². The summed E-state index contributed by atoms with van der Waals surface area (Å²) in [5, 5.41) is 118. The highest BCUT2D eigenvalue weighted by Crippen LogP contribution is 2.40. The number of nitrogens with zero attached hydrogens (tertiary/aromatic N) is 1. The lowest BCUT2D eigenvalue weighted by molar-refractivity contribution is -0.265. The van der Waals surface area contributed by atoms with E-state index >= 15 is 0 Å². The number of esters is 1. The molecule has 0 spiro atoms. The fourth-order valence-corrected chi connectivity index (χ4v) is 21.5. The Morgan fingerprint density at radius 3 is 1.97 bits per heavy atom. The predicted octanol–water partition coefficient (Wildman–Crippen LogP) is 7.19. The minimum absolute atomic E-state index is 0.000795. The number of piperidine rings is 1. The Balaban J connectivity index is 1.17. The number of cyclic esters (lactones) is 1. The number of carbonyl (C=O) groups excluding carboxylic acids is 14. The third-order valence-electron chi connectivity index (χ3n) is 26.8. The number of rotatable bonds is 55. The normalized spacial score (nSPS) is 25.9. The van der Waals surface area contributed by atoms with E-state index in [2.05, 4.69) is 31.9 Å². The average molecular weight is 2170 g/mol. The maximum atomic E-state index is 14.8. The van der Waals surface area contributed by atoms with Crippen LogP contribution in [0.2, 0.25) is 0 Å². The van der Waals surface area contributed by atoms with Crippen LogP contribution in [0.1, 0.15) is 214 Å². The van der Waals surface area contributed by atoms with Gasteiger partial charge in [0.05, 0.1) is 50.1 Å². The number of carbonyl (C=O) groups is 17. The van der Waals surface area contributed by atoms with Gasteiger partial charge in [0, 0.05) is 156 Å². The number of methoxy groups -OCH3 is 2. The fraction of sp³-hybridized carbons (Fsp3) is 0.696. The molecule has 2 saturated heterocycles. The quantitative estimate of drug-likeness (QED) is 0.00765. The third kappa shape index (κ3) is 45.3. The molecule has 5 rings (SSSR count). The number of ketones is 6. The summed E-state index contributed by atoms with van der Waals surface area (Å²) >= 11 is 0. The van der Waals surface area contributed by atoms with E-state index in [1.807, 2.05) is 65.0 Å². The summed E-state index contributed by atoms with van der Waals surface area (Å²) in [6.45, 7) is 14.9. The Kier molecular flexibility index (Phi) is 59.3. The number of ether oxygens (including phenoxy) is 8. The van der Waals surface area contributed by atoms with Crippen LogP contribution in [0.4, 0.5) is 15.3 Å². The van der Waals surface area contributed by atoms with Gasteiger partial charge in [-0.05, 0) is 163 Å². The van der Waals surface area contributed by atoms with Crippen LogP contribution >= 0.6 is 43.2 Å². The van der Waals surface area contributed by atoms with Crippen LogP contribution in [-0.4, -0.2) is 344 Å². The van der Waals surface area contributed by atoms with Crippen LogP contribution in [0.3, 0.4) is 0 Å². The number of aliphatic hydroxyl groups excluding tert-OH is 6. The summed E-state index contributed by atoms with van der Waals surface area (Å²) in [5.74, 6) is -22.1. The molecular formula is C102H155N7O35S4. The minimum atomic E-state index is -2.53. The first kappa shape index (κ1) is 129. The number of carboxylic acid groups (broad SMARTS) is 3. The van der Waals surface area contributed by atoms with Crippen molar-refractivity contribution in [2.75, 3.05) is 108 Å². The molecule has 0 radical (unpaired) electrons. The zero-order valence-electron chi connectivity index (χ0n) is 86.6. The highest BCUT2D eigenvalue weighted by molar-refractivity contribution is 8.77. The number of hydrogen-bond acceptors (Lipinski definition) is 37. The van der Waals surface area contributed by atoms with Crippen LogP contribution in [0, 0.1) is 59.2 Å². The van der Waals surface area contributed by atoms with E-state index in [0.717, 1.165) is 37.7 Å². The van der Waals surface area contributed by atoms with Gasteiger partial charge in [-0.25, -0.2) is 19.2 Å². The molecule has 2 bridgehead atoms. The number of carboxylic acids is 3. The second-order valence-corrected chi connectivity index (χ2v) is 43.9. The zero-order valence-corrected chi connectivity index (χ0v) is 89.8. The van der Waals surface area contributed by atoms with E-state index in [1.54, 1.807) is 53.0 Å². The Morgan fingerprint density at radius 1 is 0.649 bits per heavy atom. The highest BCUT2D eigenvalue weighted by atomic mass is 33.1. The van der Waals surface area contributed by atoms with Gasteiger partial charge in [0.25, 0.3) is 17.6 Å². The Morgan fingerprint density at radius 2 is 1.31 bits per heavy atom. The maximum absolute atomic E-state index is 14.8. The van der Waals surface area contributed by atoms with Gasteiger partial charge in [-0.15, -0.1) is 0 Å². The number of Topliss-reactive ketones (excluding diaryl/α,β-unsaturated/α-hetero) is 6. The molecule has 1 aliphatic carbocycles. The second-order valence-electron chi connectivity index (χ2n) is 38.5. The van der Waals surface area contributed by atoms with E-state index in [9.17, 15) is 133 Å². The Hall–Kier alpha value is -9.27. The summed E-state index contributed by atoms with van der Waals surface area (Å²) < 4.78 is 46.1. The second kappa shape index (κ2) is 67.9. The lowest BCUT2D eigenvalue weighted by Crippen LogP contribution is -2.61. The largest absolute Gasteiger partial charge is 0.508 e. The van der Waals surface area contributed by atoms with Crippen molar-refractivity contribution in [3.8, 4) is 0 Å². The molecule has 148 heavy (non-hydrogen) atoms. The molecular weight excluding hydrogens is 2010 g/mol. The number of aliphatic carboxylic acids is 3. The summed E-state index contributed by atoms with van der Waals surface area (Å²) in [7, 11) is 7.32. The minimum Gasteiger partial charge on any atom is -0.481 e. The van der Waals surface area contributed by atoms with Crippen molar-refractivity contribution < 1.29 is 170 Å². The van der Waals surface area contributed by atoms with Crippen LogP contribution in [0.15, 0.2) is 71.9 Å². The molecule has 3 aliphatic heterocycles. The molecule has 4 aliphatic rings. The molecule has 832 valence electrons. The van der Waals surface area contributed by atoms with Crippen molar-refractivity contribution in [2.45, 2.75) is 289 Å². The number of hydrogen-bond donors (Lipinski definition) is 16. The maximum Gasteiger partial charge on any atom is 0.508 e. The first-order chi connectivity index (χ1) is 70.2. The standard InChI is InChI=1S/C102H155N7O35S4/c1-13-103-71-28-25-68(26-29-71)94(126)107-74(98(131)132)32-30-72(111)53-106-100(134)140-40-43-147-148-57-70(97(129)130)50-79(114)75(108-95(127)69(49-77(112)59(3)22-35-87(119)120)27-34-85(117)105-55-80(115)90(123)91(124)81(116)56-110)54-104-86(118)36-42-145-146-44-41-142-101(135)141-39-38-139-82-33-24-67(47-62(82)6)48-63(7)84-52-78(113)61(5)46-65(9)89(122)92(138-12)88(121)64(8)45-58(2)19-15-14-16-20-60(4)83(137-11)51-73-31-23-66(10)102(136,144-73)93(125)96(128)109-37-18-17-21-76(109)99(133)143-84/h14-16,19-20,25-26,28-29,46,58-59,61-64,66-67,69-70,73-76,80-84,89-92,103,110,115-116,122-124,136H,13,17-18,21-24,27,30-45,47-57H2,1-12H3,(H,104,118)(H,105,117)(H,106,134)(H,107,126)(H,108,127)(H,119,120)(H,129,130)(H,131,132)/b16-14+,19-15+,60-20+,65-46+/t58-,59+,61-,62-,63-,64-,66-,67-,69-,70+,73+,74+,75+,76+,80+,81-,82+,83+,84+,89-,90-,91-,92-,102-/m1/s1. The molecule has 0 unspecified atom stereocenters. The SMILES string of the molecule is CCNc1ccc(C(=O)N[C@@H](CCC(=O)CNC(=O)OCCSSC[C@H](CC(=O)[C@H](CNC(=O)CCSSCCOC(=O)OCCO[C@H]2CC[C@@H](C[C@@H](C)[C@@H]3CC(=O)[C@H](C)/C=C(\C)[C@@H](O)[C@H](OC)C(=O)[C@H](C)C[C@H](C)/C=C/C=C/C=C(\C)[C@@H](OC)C[C@@H]4CC[C@@H](C)[C@@](O)(O4)C(=O)C(=O)N4CCCC[C@H]4C(=O)O3)C[C@H]2C)NC(=O)[C@H](CCC(=O)NC[C@H](O)[C@@H](O)[C@H](O)[C@H](O)CO)CC(=O)[C@@H](C)CCC(=O)O)C(=O)O)C(=O)O)cc1. The summed E-state index contributed by atoms with van der Waals surface area (Å²) in [4.78, 5) is 230. The number of alkyl carbamates (subject to hydrolysis) is 1. The topological polar surface area (TPSA) is 642 Å². The number of anilines is 1. The lowest BCUT2D eigenvalue weighted by atomic mass is 9.75. The summed E-state index contributed by atoms with van der Waals surface area (Å²) in [5.41, 5.74) is 2.07. The van der Waals surface area contributed by atoms with Crippen molar-refractivity contribution in [1.82, 2.24) is 31.5 Å². The molecule has 46 heteroatoms. The Labute approximate surface area is 880 Å². The van der Waals surface area contributed by atoms with Crippen LogP contribution in [0.5, 0.6) is 0 Å². The smallest absolute Gasteiger partial charge is 0.481 e. The molecule has 3 fully saturated rings. The summed E-state index contributed by atoms with van der Waals surface area (Å²) in [6.07, 6.45) is -3.12. The van der Waals surface area contributed by atoms with E-state index < -0.39 is 267 Å². The van der Waals surface area contributed by atoms with Crippen molar-refractivity contribution in [3.63, 3.8) is 0 Å². The van der Waals surface area contributed by atoms with Crippen molar-refractivity contribution in [2.24, 2.45) is 59.2 Å². The van der Waals surface area contributed by atoms with Gasteiger partial charge in [-0.1, -0.05) is 128 Å². The van der Waals surface area contributed by atoms with Crippen molar-refractivity contribution in [3.05, 3.63) is 77.4 Å². The molecule has 1 aromatic carbocycles. The van der Waals surface area contributed by atoms with Gasteiger partial charge in [0.15, 0.2) is 17.3 Å². The van der Waals surface area contributed by atoms with Gasteiger partial charge >= 0.3 is 36.1 Å². The average Bonchev–Trinajstić information content (AvgIpc) is 0.769. The number of aliphatic hydroxyl groups is 7. The van der Waals surface area contributed by atoms with Crippen molar-refractivity contribution in [1.29, 1.82) is 0 Å². The lowest BCUT2D eigenvalue weighted by Gasteiger charge is -2.42. The molecule has 42 nitrogen and oxygen atoms in total. The monoisotopic (exact) mass is 2170 g/mol. The molecule has 24 atom stereocenters. The number of amides is 6. The number of nitrogens with one attached hydrogen (secondary N) is 6. The van der Waals surface area contributed by atoms with Gasteiger partial charge in [0.1, 0.15) is 86.1 Å². The zero-order chi connectivity index (χ0) is 110. The molecule has 6 amide bonds. The fourth-order valence-electron chi connectivity index (χ4n) is 17.6. The first-order valence-electron chi connectivity index (χ1n) is 50.5. The molecule has 16 N–H and O–H groups in total. The third-order valence-corrected chi connectivity index (χ3v) is 31.6. The van der Waals surface area contributed by atoms with E-state index in [4.69, 9.17) is 37.9 Å². The van der Waals surface area contributed by atoms with Crippen LogP contribution in [0.25, 0.3) is 0 Å². The predicted molar refractivity (Wildman–Crippen MR) is 550 cm³/mol. The molecule has 0 aromatic heterocycles. The summed E-state index contributed by atoms with van der Waals surface area (Å²) in [6, 6.07) is 1.93. The van der Waals surface area contributed by atoms with Gasteiger partial charge in [-0.2, -0.15) is 0 Å².